The summed E-state index contributed by atoms with van der Waals surface area (Å²) in [5.74, 6) is 0.185. The fourth-order valence-electron chi connectivity index (χ4n) is 1.85. The minimum atomic E-state index is -0.0306. The first-order chi connectivity index (χ1) is 11.2. The van der Waals surface area contributed by atoms with Crippen molar-refractivity contribution >= 4 is 52.5 Å². The number of nitriles is 1. The standard InChI is InChI=1S/C16H15Cl3N5/c1-24(2,3)11-6-4-10(5-7-11)9-21-23-16-14(18)13(17)12(8-20)15(19)22-16/h4-7,9H,1-3H3,(H,22,23)/q+1/b21-9-. The Hall–Kier alpha value is -1.84. The highest BCUT2D eigenvalue weighted by molar-refractivity contribution is 6.45. The topological polar surface area (TPSA) is 61.1 Å². The van der Waals surface area contributed by atoms with E-state index >= 15 is 0 Å². The van der Waals surface area contributed by atoms with Crippen molar-refractivity contribution < 1.29 is 0 Å². The second kappa shape index (κ2) is 7.37. The molecular weight excluding hydrogens is 369 g/mol. The summed E-state index contributed by atoms with van der Waals surface area (Å²) >= 11 is 17.9. The molecule has 1 heterocycles. The first-order valence-electron chi connectivity index (χ1n) is 6.89. The Kier molecular flexibility index (Phi) is 5.68. The third kappa shape index (κ3) is 4.16. The van der Waals surface area contributed by atoms with Crippen LogP contribution in [-0.2, 0) is 0 Å². The number of benzene rings is 1. The fraction of sp³-hybridized carbons (Fsp3) is 0.188. The van der Waals surface area contributed by atoms with Crippen molar-refractivity contribution in [2.45, 2.75) is 0 Å². The predicted octanol–water partition coefficient (Wildman–Crippen LogP) is 4.56. The average molecular weight is 384 g/mol. The molecule has 0 bridgehead atoms. The summed E-state index contributed by atoms with van der Waals surface area (Å²) in [5, 5.41) is 13.1. The van der Waals surface area contributed by atoms with Crippen LogP contribution >= 0.6 is 34.8 Å². The Labute approximate surface area is 155 Å². The minimum absolute atomic E-state index is 0.0306. The molecule has 124 valence electrons. The van der Waals surface area contributed by atoms with Crippen molar-refractivity contribution in [2.75, 3.05) is 26.6 Å². The zero-order valence-corrected chi connectivity index (χ0v) is 15.6. The van der Waals surface area contributed by atoms with Gasteiger partial charge < -0.3 is 0 Å². The maximum Gasteiger partial charge on any atom is 0.168 e. The second-order valence-corrected chi connectivity index (χ2v) is 6.95. The molecule has 0 saturated heterocycles. The summed E-state index contributed by atoms with van der Waals surface area (Å²) in [7, 11) is 6.28. The summed E-state index contributed by atoms with van der Waals surface area (Å²) in [5.41, 5.74) is 4.80. The van der Waals surface area contributed by atoms with Gasteiger partial charge in [0.2, 0.25) is 0 Å². The van der Waals surface area contributed by atoms with Crippen LogP contribution in [0, 0.1) is 11.3 Å². The van der Waals surface area contributed by atoms with Gasteiger partial charge in [-0.1, -0.05) is 34.8 Å². The molecule has 0 fully saturated rings. The number of hydrazone groups is 1. The van der Waals surface area contributed by atoms with Crippen LogP contribution in [0.3, 0.4) is 0 Å². The van der Waals surface area contributed by atoms with Crippen molar-refractivity contribution in [3.05, 3.63) is 50.6 Å². The Bertz CT molecular complexity index is 818. The fourth-order valence-corrected chi connectivity index (χ4v) is 2.52. The van der Waals surface area contributed by atoms with Crippen molar-refractivity contribution in [1.29, 1.82) is 5.26 Å². The van der Waals surface area contributed by atoms with Crippen molar-refractivity contribution in [3.8, 4) is 6.07 Å². The molecule has 0 radical (unpaired) electrons. The van der Waals surface area contributed by atoms with Gasteiger partial charge in [-0.25, -0.2) is 4.98 Å². The normalized spacial score (nSPS) is 11.5. The number of hydrogen-bond acceptors (Lipinski definition) is 4. The summed E-state index contributed by atoms with van der Waals surface area (Å²) in [6.45, 7) is 0. The third-order valence-corrected chi connectivity index (χ3v) is 4.32. The molecule has 1 N–H and O–H groups in total. The molecule has 0 spiro atoms. The smallest absolute Gasteiger partial charge is 0.168 e. The van der Waals surface area contributed by atoms with Crippen LogP contribution in [0.25, 0.3) is 0 Å². The van der Waals surface area contributed by atoms with Gasteiger partial charge in [0.25, 0.3) is 0 Å². The molecule has 8 heteroatoms. The highest BCUT2D eigenvalue weighted by Crippen LogP contribution is 2.34. The molecule has 1 aromatic carbocycles. The van der Waals surface area contributed by atoms with E-state index in [1.54, 1.807) is 6.21 Å². The number of aromatic nitrogens is 1. The first kappa shape index (κ1) is 18.5. The Morgan fingerprint density at radius 1 is 1.12 bits per heavy atom. The van der Waals surface area contributed by atoms with Crippen LogP contribution in [0.1, 0.15) is 11.1 Å². The molecule has 0 amide bonds. The maximum atomic E-state index is 8.95. The van der Waals surface area contributed by atoms with E-state index in [0.717, 1.165) is 10.0 Å². The van der Waals surface area contributed by atoms with Crippen LogP contribution in [0.4, 0.5) is 11.5 Å². The lowest BCUT2D eigenvalue weighted by atomic mass is 10.2. The van der Waals surface area contributed by atoms with Crippen LogP contribution in [0.2, 0.25) is 15.2 Å². The molecule has 1 aromatic heterocycles. The van der Waals surface area contributed by atoms with Gasteiger partial charge in [-0.2, -0.15) is 10.4 Å². The van der Waals surface area contributed by atoms with Gasteiger partial charge in [0.15, 0.2) is 11.0 Å². The van der Waals surface area contributed by atoms with Crippen LogP contribution in [0.5, 0.6) is 0 Å². The van der Waals surface area contributed by atoms with Crippen molar-refractivity contribution in [1.82, 2.24) is 9.47 Å². The molecule has 0 aliphatic rings. The first-order valence-corrected chi connectivity index (χ1v) is 8.03. The van der Waals surface area contributed by atoms with Gasteiger partial charge >= 0.3 is 0 Å². The lowest BCUT2D eigenvalue weighted by Gasteiger charge is -2.23. The average Bonchev–Trinajstić information content (AvgIpc) is 2.52. The van der Waals surface area contributed by atoms with Gasteiger partial charge in [-0.05, 0) is 29.8 Å². The van der Waals surface area contributed by atoms with Gasteiger partial charge in [-0.15, -0.1) is 0 Å². The number of hydrogen-bond donors (Lipinski definition) is 1. The predicted molar refractivity (Wildman–Crippen MR) is 101 cm³/mol. The molecule has 2 rings (SSSR count). The number of pyridine rings is 1. The number of quaternary nitrogens is 1. The monoisotopic (exact) mass is 382 g/mol. The van der Waals surface area contributed by atoms with Crippen LogP contribution in [-0.4, -0.2) is 32.3 Å². The highest BCUT2D eigenvalue weighted by Gasteiger charge is 2.16. The van der Waals surface area contributed by atoms with Gasteiger partial charge in [0.1, 0.15) is 22.3 Å². The van der Waals surface area contributed by atoms with E-state index in [1.165, 1.54) is 5.69 Å². The summed E-state index contributed by atoms with van der Waals surface area (Å²) < 4.78 is 0.734. The van der Waals surface area contributed by atoms with Gasteiger partial charge in [0, 0.05) is 0 Å². The molecule has 2 aromatic rings. The van der Waals surface area contributed by atoms with Crippen LogP contribution < -0.4 is 9.91 Å². The largest absolute Gasteiger partial charge is 0.298 e. The van der Waals surface area contributed by atoms with Crippen molar-refractivity contribution in [2.24, 2.45) is 5.10 Å². The van der Waals surface area contributed by atoms with E-state index in [2.05, 4.69) is 36.7 Å². The molecular formula is C16H15Cl3N5+. The third-order valence-electron chi connectivity index (χ3n) is 3.20. The van der Waals surface area contributed by atoms with E-state index in [9.17, 15) is 0 Å². The van der Waals surface area contributed by atoms with E-state index < -0.39 is 0 Å². The zero-order valence-electron chi connectivity index (χ0n) is 13.3. The molecule has 5 nitrogen and oxygen atoms in total. The number of halogens is 3. The van der Waals surface area contributed by atoms with E-state index in [0.29, 0.717) is 0 Å². The SMILES string of the molecule is C[N+](C)(C)c1ccc(/C=N\Nc2nc(Cl)c(C#N)c(Cl)c2Cl)cc1. The number of anilines is 1. The van der Waals surface area contributed by atoms with Gasteiger partial charge in [0.05, 0.1) is 32.4 Å². The molecule has 0 atom stereocenters. The van der Waals surface area contributed by atoms with Crippen molar-refractivity contribution in [3.63, 3.8) is 0 Å². The minimum Gasteiger partial charge on any atom is -0.298 e. The number of nitrogens with one attached hydrogen (secondary N) is 1. The van der Waals surface area contributed by atoms with Crippen LogP contribution in [0.15, 0.2) is 29.4 Å². The van der Waals surface area contributed by atoms with E-state index in [1.807, 2.05) is 30.3 Å². The molecule has 0 unspecified atom stereocenters. The molecule has 0 saturated carbocycles. The summed E-state index contributed by atoms with van der Waals surface area (Å²) in [4.78, 5) is 3.98. The maximum absolute atomic E-state index is 8.95. The summed E-state index contributed by atoms with van der Waals surface area (Å²) in [6, 6.07) is 9.82. The highest BCUT2D eigenvalue weighted by atomic mass is 35.5. The zero-order chi connectivity index (χ0) is 17.9. The number of rotatable bonds is 4. The van der Waals surface area contributed by atoms with E-state index in [4.69, 9.17) is 40.1 Å². The molecule has 0 aliphatic carbocycles. The Balaban J connectivity index is 2.17. The Morgan fingerprint density at radius 2 is 1.75 bits per heavy atom. The lowest BCUT2D eigenvalue weighted by molar-refractivity contribution is 0.486. The number of nitrogens with zero attached hydrogens (tertiary/aromatic N) is 4. The molecule has 0 aliphatic heterocycles. The molecule has 24 heavy (non-hydrogen) atoms. The van der Waals surface area contributed by atoms with E-state index in [-0.39, 0.29) is 26.6 Å². The quantitative estimate of drug-likeness (QED) is 0.364. The summed E-state index contributed by atoms with van der Waals surface area (Å²) in [6.07, 6.45) is 1.62. The lowest BCUT2D eigenvalue weighted by Crippen LogP contribution is -2.34. The second-order valence-electron chi connectivity index (χ2n) is 5.84. The Morgan fingerprint density at radius 3 is 2.29 bits per heavy atom. The van der Waals surface area contributed by atoms with Gasteiger partial charge in [-0.3, -0.25) is 9.91 Å².